The molecule has 17 heteroatoms. The van der Waals surface area contributed by atoms with E-state index in [0.29, 0.717) is 43.0 Å². The van der Waals surface area contributed by atoms with Gasteiger partial charge in [-0.1, -0.05) is 53.1 Å². The number of amides is 4. The fraction of sp³-hybridized carbons (Fsp3) is 0.551. The number of ether oxygens (including phenoxy) is 4. The summed E-state index contributed by atoms with van der Waals surface area (Å²) in [6.45, 7) is 13.7. The number of carbonyl (C=O) groups excluding carboxylic acids is 4. The number of aromatic amines is 2. The minimum atomic E-state index is -0.750. The highest BCUT2D eigenvalue weighted by Gasteiger charge is 2.57. The standard InChI is InChI=1S/C49H59ClN8O8/c1-23(2)36-39(52-42(51-36)30-17-48(9-10-48)21-57(30)44(59)37(24(3)4)54-46(61)63-7)26-13-28-19-66-33-16-27(14-29-20-65-32(15-26)34(28)35(29)33)40-41(50)56-43(53-40)31-18-49(11-12-49)22-58(31)45(60)38(25(5)6)55-47(62)64-8/h13-16,23-25,30-31,37-38H,9-12,17-22H2,1-8H3,(H,51,52)(H,53,56)(H,54,61)(H,55,62)/t30-,31-,37-,38-/m0/s1. The van der Waals surface area contributed by atoms with Crippen molar-refractivity contribution in [3.63, 3.8) is 0 Å². The zero-order chi connectivity index (χ0) is 46.6. The Balaban J connectivity index is 0.945. The van der Waals surface area contributed by atoms with Crippen LogP contribution in [0.4, 0.5) is 9.59 Å². The molecule has 16 nitrogen and oxygen atoms in total. The second-order valence-corrected chi connectivity index (χ2v) is 20.9. The van der Waals surface area contributed by atoms with E-state index in [9.17, 15) is 19.2 Å². The minimum Gasteiger partial charge on any atom is -0.488 e. The zero-order valence-electron chi connectivity index (χ0n) is 38.9. The van der Waals surface area contributed by atoms with Crippen LogP contribution < -0.4 is 20.1 Å². The maximum atomic E-state index is 14.2. The number of rotatable bonds is 11. The molecule has 4 aliphatic heterocycles. The van der Waals surface area contributed by atoms with Gasteiger partial charge in [0.15, 0.2) is 5.15 Å². The number of H-pyrrole nitrogens is 2. The summed E-state index contributed by atoms with van der Waals surface area (Å²) in [5.74, 6) is 2.30. The quantitative estimate of drug-likeness (QED) is 0.113. The normalized spacial score (nSPS) is 21.2. The molecular weight excluding hydrogens is 864 g/mol. The highest BCUT2D eigenvalue weighted by atomic mass is 35.5. The Labute approximate surface area is 389 Å². The molecule has 0 bridgehead atoms. The molecule has 4 amide bonds. The molecule has 6 heterocycles. The molecule has 2 aromatic heterocycles. The molecule has 10 rings (SSSR count). The van der Waals surface area contributed by atoms with E-state index < -0.39 is 24.3 Å². The molecule has 4 N–H and O–H groups in total. The lowest BCUT2D eigenvalue weighted by Crippen LogP contribution is -2.51. The summed E-state index contributed by atoms with van der Waals surface area (Å²) < 4.78 is 22.9. The Bertz CT molecular complexity index is 2600. The Morgan fingerprint density at radius 1 is 0.697 bits per heavy atom. The van der Waals surface area contributed by atoms with Gasteiger partial charge in [-0.3, -0.25) is 9.59 Å². The monoisotopic (exact) mass is 922 g/mol. The SMILES string of the molecule is COC(=O)N[C@H](C(=O)N1CC2(CC2)C[C@H]1c1nc(Cl)c(-c2cc3c4c(c2)OCc2cc(-c5[nH]c([C@@H]6CC7(CC7)CN6C(=O)[C@@H](NC(=O)OC)C(C)C)nc5C(C)C)cc(c2-4)OC3)[nH]1)C(C)C. The molecule has 0 radical (unpaired) electrons. The van der Waals surface area contributed by atoms with E-state index >= 15 is 0 Å². The second-order valence-electron chi connectivity index (χ2n) is 20.5. The molecule has 4 atom stereocenters. The van der Waals surface area contributed by atoms with E-state index in [1.165, 1.54) is 14.2 Å². The third-order valence-electron chi connectivity index (χ3n) is 14.8. The topological polar surface area (TPSA) is 193 Å². The first-order valence-electron chi connectivity index (χ1n) is 23.3. The lowest BCUT2D eigenvalue weighted by Gasteiger charge is -2.30. The summed E-state index contributed by atoms with van der Waals surface area (Å²) in [6.07, 6.45) is 4.46. The van der Waals surface area contributed by atoms with Crippen molar-refractivity contribution in [1.82, 2.24) is 40.4 Å². The summed E-state index contributed by atoms with van der Waals surface area (Å²) in [5.41, 5.74) is 8.14. The molecule has 2 saturated carbocycles. The van der Waals surface area contributed by atoms with Gasteiger partial charge >= 0.3 is 12.2 Å². The van der Waals surface area contributed by atoms with Gasteiger partial charge in [0.1, 0.15) is 48.4 Å². The average molecular weight is 924 g/mol. The van der Waals surface area contributed by atoms with Gasteiger partial charge in [-0.05, 0) is 91.4 Å². The van der Waals surface area contributed by atoms with Gasteiger partial charge in [0.05, 0.1) is 43.4 Å². The van der Waals surface area contributed by atoms with Crippen molar-refractivity contribution >= 4 is 35.6 Å². The second kappa shape index (κ2) is 16.2. The predicted molar refractivity (Wildman–Crippen MR) is 245 cm³/mol. The third-order valence-corrected chi connectivity index (χ3v) is 15.1. The predicted octanol–water partition coefficient (Wildman–Crippen LogP) is 8.56. The van der Waals surface area contributed by atoms with Gasteiger partial charge in [0, 0.05) is 46.5 Å². The smallest absolute Gasteiger partial charge is 0.407 e. The number of benzene rings is 2. The van der Waals surface area contributed by atoms with Crippen LogP contribution in [0.25, 0.3) is 33.6 Å². The minimum absolute atomic E-state index is 0.0365. The van der Waals surface area contributed by atoms with Crippen molar-refractivity contribution < 1.29 is 38.1 Å². The van der Waals surface area contributed by atoms with Gasteiger partial charge in [-0.15, -0.1) is 0 Å². The van der Waals surface area contributed by atoms with Crippen molar-refractivity contribution in [3.05, 3.63) is 57.9 Å². The number of carbonyl (C=O) groups is 4. The van der Waals surface area contributed by atoms with Crippen LogP contribution in [0, 0.1) is 22.7 Å². The number of halogens is 1. The number of aromatic nitrogens is 4. The maximum Gasteiger partial charge on any atom is 0.407 e. The van der Waals surface area contributed by atoms with Crippen LogP contribution in [0.2, 0.25) is 5.15 Å². The molecule has 4 aromatic rings. The number of nitrogens with zero attached hydrogens (tertiary/aromatic N) is 4. The van der Waals surface area contributed by atoms with E-state index in [-0.39, 0.29) is 52.5 Å². The summed E-state index contributed by atoms with van der Waals surface area (Å²) >= 11 is 6.95. The van der Waals surface area contributed by atoms with Crippen LogP contribution in [0.3, 0.4) is 0 Å². The maximum absolute atomic E-state index is 14.2. The van der Waals surface area contributed by atoms with E-state index in [1.807, 2.05) is 43.6 Å². The lowest BCUT2D eigenvalue weighted by molar-refractivity contribution is -0.136. The number of nitrogens with one attached hydrogen (secondary N) is 4. The molecule has 2 spiro atoms. The number of alkyl carbamates (subject to hydrolysis) is 2. The number of imidazole rings is 2. The number of likely N-dealkylation sites (tertiary alicyclic amines) is 2. The van der Waals surface area contributed by atoms with Gasteiger partial charge in [0.25, 0.3) is 0 Å². The summed E-state index contributed by atoms with van der Waals surface area (Å²) in [6, 6.07) is 6.20. The lowest BCUT2D eigenvalue weighted by atomic mass is 9.87. The number of methoxy groups -OCH3 is 2. The molecule has 4 fully saturated rings. The molecule has 2 aliphatic carbocycles. The first kappa shape index (κ1) is 44.1. The van der Waals surface area contributed by atoms with Gasteiger partial charge in [-0.25, -0.2) is 19.6 Å². The van der Waals surface area contributed by atoms with Crippen molar-refractivity contribution in [1.29, 1.82) is 0 Å². The van der Waals surface area contributed by atoms with Gasteiger partial charge < -0.3 is 49.3 Å². The van der Waals surface area contributed by atoms with E-state index in [2.05, 4.69) is 52.6 Å². The fourth-order valence-electron chi connectivity index (χ4n) is 10.8. The molecular formula is C49H59ClN8O8. The van der Waals surface area contributed by atoms with E-state index in [1.54, 1.807) is 0 Å². The average Bonchev–Trinajstić information content (AvgIpc) is 3.95. The highest BCUT2D eigenvalue weighted by Crippen LogP contribution is 2.60. The van der Waals surface area contributed by atoms with Crippen LogP contribution >= 0.6 is 11.6 Å². The van der Waals surface area contributed by atoms with Crippen molar-refractivity contribution in [2.75, 3.05) is 27.3 Å². The van der Waals surface area contributed by atoms with Crippen molar-refractivity contribution in [3.8, 4) is 45.1 Å². The number of hydrogen-bond donors (Lipinski definition) is 4. The Kier molecular flexibility index (Phi) is 10.8. The summed E-state index contributed by atoms with van der Waals surface area (Å²) in [4.78, 5) is 73.9. The van der Waals surface area contributed by atoms with Crippen molar-refractivity contribution in [2.45, 2.75) is 123 Å². The molecule has 66 heavy (non-hydrogen) atoms. The first-order valence-corrected chi connectivity index (χ1v) is 23.6. The van der Waals surface area contributed by atoms with Crippen LogP contribution in [-0.4, -0.2) is 93.1 Å². The van der Waals surface area contributed by atoms with Crippen LogP contribution in [0.15, 0.2) is 24.3 Å². The largest absolute Gasteiger partial charge is 0.488 e. The first-order chi connectivity index (χ1) is 31.5. The summed E-state index contributed by atoms with van der Waals surface area (Å²) in [5, 5.41) is 5.82. The number of hydrogen-bond acceptors (Lipinski definition) is 10. The van der Waals surface area contributed by atoms with Crippen LogP contribution in [0.1, 0.15) is 127 Å². The Hall–Kier alpha value is -5.77. The van der Waals surface area contributed by atoms with Gasteiger partial charge in [0.2, 0.25) is 11.8 Å². The summed E-state index contributed by atoms with van der Waals surface area (Å²) in [7, 11) is 2.60. The molecule has 6 aliphatic rings. The van der Waals surface area contributed by atoms with E-state index in [0.717, 1.165) is 101 Å². The highest BCUT2D eigenvalue weighted by molar-refractivity contribution is 6.32. The molecule has 2 saturated heterocycles. The van der Waals surface area contributed by atoms with Crippen LogP contribution in [-0.2, 0) is 32.3 Å². The molecule has 350 valence electrons. The Morgan fingerprint density at radius 3 is 1.56 bits per heavy atom. The zero-order valence-corrected chi connectivity index (χ0v) is 39.6. The van der Waals surface area contributed by atoms with Crippen molar-refractivity contribution in [2.24, 2.45) is 22.7 Å². The molecule has 2 aromatic carbocycles. The Morgan fingerprint density at radius 2 is 1.14 bits per heavy atom. The van der Waals surface area contributed by atoms with E-state index in [4.69, 9.17) is 40.5 Å². The fourth-order valence-corrected chi connectivity index (χ4v) is 11.0. The third kappa shape index (κ3) is 7.62. The molecule has 0 unspecified atom stereocenters. The van der Waals surface area contributed by atoms with Crippen LogP contribution in [0.5, 0.6) is 11.5 Å². The van der Waals surface area contributed by atoms with Gasteiger partial charge in [-0.2, -0.15) is 0 Å².